The molecule has 0 saturated heterocycles. The zero-order chi connectivity index (χ0) is 14.8. The van der Waals surface area contributed by atoms with Crippen LogP contribution in [0.15, 0.2) is 29.3 Å². The summed E-state index contributed by atoms with van der Waals surface area (Å²) in [6.45, 7) is 3.83. The normalized spacial score (nSPS) is 13.8. The number of unbranched alkanes of at least 4 members (excludes halogenated alkanes) is 2. The molecule has 1 heterocycles. The first-order valence-electron chi connectivity index (χ1n) is 6.93. The first kappa shape index (κ1) is 15.0. The largest absolute Gasteiger partial charge is 0.310 e. The number of para-hydroxylation sites is 1. The summed E-state index contributed by atoms with van der Waals surface area (Å²) in [5.74, 6) is 0.140. The van der Waals surface area contributed by atoms with Gasteiger partial charge in [-0.05, 0) is 25.5 Å². The maximum Gasteiger partial charge on any atom is 0.198 e. The third-order valence-corrected chi connectivity index (χ3v) is 4.99. The van der Waals surface area contributed by atoms with Crippen LogP contribution in [0.5, 0.6) is 0 Å². The highest BCUT2D eigenvalue weighted by Gasteiger charge is 2.23. The van der Waals surface area contributed by atoms with Crippen LogP contribution in [-0.2, 0) is 9.84 Å². The van der Waals surface area contributed by atoms with Crippen molar-refractivity contribution >= 4 is 20.7 Å². The van der Waals surface area contributed by atoms with Crippen LogP contribution < -0.4 is 5.73 Å². The Morgan fingerprint density at radius 1 is 1.30 bits per heavy atom. The Morgan fingerprint density at radius 3 is 2.65 bits per heavy atom. The van der Waals surface area contributed by atoms with E-state index in [1.807, 2.05) is 25.1 Å². The van der Waals surface area contributed by atoms with Gasteiger partial charge in [0.25, 0.3) is 0 Å². The number of fused-ring (bicyclic) bond motifs is 1. The van der Waals surface area contributed by atoms with Gasteiger partial charge >= 0.3 is 0 Å². The van der Waals surface area contributed by atoms with Crippen molar-refractivity contribution in [2.24, 2.45) is 5.73 Å². The highest BCUT2D eigenvalue weighted by molar-refractivity contribution is 7.91. The summed E-state index contributed by atoms with van der Waals surface area (Å²) >= 11 is 0. The lowest BCUT2D eigenvalue weighted by Gasteiger charge is -2.06. The monoisotopic (exact) mass is 295 g/mol. The first-order valence-corrected chi connectivity index (χ1v) is 8.58. The Balaban J connectivity index is 2.49. The Kier molecular flexibility index (Phi) is 4.45. The molecular weight excluding hydrogens is 274 g/mol. The fraction of sp³-hybridized carbons (Fsp3) is 0.500. The lowest BCUT2D eigenvalue weighted by Crippen LogP contribution is -2.17. The molecule has 0 bridgehead atoms. The molecule has 0 fully saturated rings. The van der Waals surface area contributed by atoms with E-state index >= 15 is 0 Å². The second kappa shape index (κ2) is 5.93. The van der Waals surface area contributed by atoms with Gasteiger partial charge in [-0.1, -0.05) is 31.9 Å². The summed E-state index contributed by atoms with van der Waals surface area (Å²) in [5.41, 5.74) is 6.62. The minimum Gasteiger partial charge on any atom is -0.310 e. The summed E-state index contributed by atoms with van der Waals surface area (Å²) in [6.07, 6.45) is 2.20. The molecule has 0 spiro atoms. The summed E-state index contributed by atoms with van der Waals surface area (Å²) in [6, 6.07) is 7.31. The van der Waals surface area contributed by atoms with E-state index in [2.05, 4.69) is 5.10 Å². The van der Waals surface area contributed by atoms with Gasteiger partial charge in [0.05, 0.1) is 17.4 Å². The third-order valence-electron chi connectivity index (χ3n) is 3.28. The molecule has 0 aliphatic carbocycles. The van der Waals surface area contributed by atoms with E-state index in [1.54, 1.807) is 17.7 Å². The van der Waals surface area contributed by atoms with E-state index < -0.39 is 9.84 Å². The summed E-state index contributed by atoms with van der Waals surface area (Å²) in [4.78, 5) is 0. The zero-order valence-electron chi connectivity index (χ0n) is 11.9. The van der Waals surface area contributed by atoms with Gasteiger partial charge in [-0.25, -0.2) is 13.1 Å². The van der Waals surface area contributed by atoms with Crippen LogP contribution in [-0.4, -0.2) is 24.0 Å². The SMILES string of the molecule is CCCCCS(=O)(=O)c1nn(C(C)N)c2ccccc12. The van der Waals surface area contributed by atoms with Gasteiger partial charge in [0.2, 0.25) is 0 Å². The number of aromatic nitrogens is 2. The van der Waals surface area contributed by atoms with Crippen molar-refractivity contribution in [2.75, 3.05) is 5.75 Å². The fourth-order valence-electron chi connectivity index (χ4n) is 2.24. The average molecular weight is 295 g/mol. The highest BCUT2D eigenvalue weighted by Crippen LogP contribution is 2.25. The Labute approximate surface area is 119 Å². The number of hydrogen-bond donors (Lipinski definition) is 1. The minimum atomic E-state index is -3.36. The van der Waals surface area contributed by atoms with Crippen LogP contribution in [0.1, 0.15) is 39.3 Å². The van der Waals surface area contributed by atoms with Crippen LogP contribution in [0.25, 0.3) is 10.9 Å². The predicted molar refractivity (Wildman–Crippen MR) is 80.2 cm³/mol. The molecule has 1 aromatic carbocycles. The fourth-order valence-corrected chi connectivity index (χ4v) is 3.74. The molecule has 0 saturated carbocycles. The van der Waals surface area contributed by atoms with E-state index in [0.717, 1.165) is 18.4 Å². The standard InChI is InChI=1S/C14H21N3O2S/c1-3-4-7-10-20(18,19)14-12-8-5-6-9-13(12)17(16-14)11(2)15/h5-6,8-9,11H,3-4,7,10,15H2,1-2H3. The van der Waals surface area contributed by atoms with E-state index in [-0.39, 0.29) is 16.9 Å². The number of sulfone groups is 1. The molecule has 5 nitrogen and oxygen atoms in total. The minimum absolute atomic E-state index is 0.140. The van der Waals surface area contributed by atoms with E-state index in [0.29, 0.717) is 11.8 Å². The maximum atomic E-state index is 12.4. The van der Waals surface area contributed by atoms with Gasteiger partial charge in [0, 0.05) is 5.39 Å². The highest BCUT2D eigenvalue weighted by atomic mass is 32.2. The molecule has 110 valence electrons. The van der Waals surface area contributed by atoms with E-state index in [9.17, 15) is 8.42 Å². The zero-order valence-corrected chi connectivity index (χ0v) is 12.7. The molecule has 1 unspecified atom stereocenters. The van der Waals surface area contributed by atoms with Crippen molar-refractivity contribution in [1.82, 2.24) is 9.78 Å². The number of rotatable bonds is 6. The first-order chi connectivity index (χ1) is 9.47. The molecule has 0 aliphatic heterocycles. The van der Waals surface area contributed by atoms with Gasteiger partial charge in [0.15, 0.2) is 14.9 Å². The maximum absolute atomic E-state index is 12.4. The van der Waals surface area contributed by atoms with Crippen molar-refractivity contribution in [3.63, 3.8) is 0 Å². The van der Waals surface area contributed by atoms with Crippen LogP contribution in [0.2, 0.25) is 0 Å². The molecule has 2 N–H and O–H groups in total. The molecule has 20 heavy (non-hydrogen) atoms. The molecule has 2 rings (SSSR count). The van der Waals surface area contributed by atoms with E-state index in [1.165, 1.54) is 0 Å². The molecule has 1 atom stereocenters. The number of nitrogens with two attached hydrogens (primary N) is 1. The molecule has 0 amide bonds. The molecule has 6 heteroatoms. The van der Waals surface area contributed by atoms with Crippen molar-refractivity contribution < 1.29 is 8.42 Å². The van der Waals surface area contributed by atoms with Crippen LogP contribution >= 0.6 is 0 Å². The average Bonchev–Trinajstić information content (AvgIpc) is 2.79. The molecule has 1 aromatic heterocycles. The van der Waals surface area contributed by atoms with Crippen molar-refractivity contribution in [3.05, 3.63) is 24.3 Å². The second-order valence-electron chi connectivity index (χ2n) is 5.03. The van der Waals surface area contributed by atoms with Gasteiger partial charge in [-0.15, -0.1) is 0 Å². The lowest BCUT2D eigenvalue weighted by atomic mass is 10.2. The topological polar surface area (TPSA) is 78.0 Å². The van der Waals surface area contributed by atoms with E-state index in [4.69, 9.17) is 5.73 Å². The van der Waals surface area contributed by atoms with Crippen LogP contribution in [0.3, 0.4) is 0 Å². The molecule has 0 aliphatic rings. The Bertz CT molecular complexity index is 690. The van der Waals surface area contributed by atoms with Gasteiger partial charge in [-0.3, -0.25) is 0 Å². The Hall–Kier alpha value is -1.40. The summed E-state index contributed by atoms with van der Waals surface area (Å²) in [5, 5.41) is 5.05. The lowest BCUT2D eigenvalue weighted by molar-refractivity contribution is 0.510. The third kappa shape index (κ3) is 2.86. The number of hydrogen-bond acceptors (Lipinski definition) is 4. The predicted octanol–water partition coefficient (Wildman–Crippen LogP) is 2.48. The van der Waals surface area contributed by atoms with Crippen molar-refractivity contribution in [2.45, 2.75) is 44.3 Å². The van der Waals surface area contributed by atoms with Gasteiger partial charge in [-0.2, -0.15) is 5.10 Å². The van der Waals surface area contributed by atoms with Gasteiger partial charge in [0.1, 0.15) is 0 Å². The van der Waals surface area contributed by atoms with Crippen molar-refractivity contribution in [1.29, 1.82) is 0 Å². The van der Waals surface area contributed by atoms with Crippen LogP contribution in [0.4, 0.5) is 0 Å². The summed E-state index contributed by atoms with van der Waals surface area (Å²) < 4.78 is 26.5. The smallest absolute Gasteiger partial charge is 0.198 e. The number of benzene rings is 1. The number of nitrogens with zero attached hydrogens (tertiary/aromatic N) is 2. The van der Waals surface area contributed by atoms with Gasteiger partial charge < -0.3 is 5.73 Å². The molecule has 2 aromatic rings. The van der Waals surface area contributed by atoms with Crippen LogP contribution in [0, 0.1) is 0 Å². The molecule has 0 radical (unpaired) electrons. The quantitative estimate of drug-likeness (QED) is 0.830. The summed E-state index contributed by atoms with van der Waals surface area (Å²) in [7, 11) is -3.36. The van der Waals surface area contributed by atoms with Crippen molar-refractivity contribution in [3.8, 4) is 0 Å². The second-order valence-corrected chi connectivity index (χ2v) is 7.06. The Morgan fingerprint density at radius 2 is 2.00 bits per heavy atom. The molecular formula is C14H21N3O2S.